The van der Waals surface area contributed by atoms with E-state index >= 15 is 0 Å². The van der Waals surface area contributed by atoms with Crippen LogP contribution in [0.4, 0.5) is 5.13 Å². The minimum absolute atomic E-state index is 0.111. The molecule has 1 atom stereocenters. The van der Waals surface area contributed by atoms with E-state index in [0.717, 1.165) is 49.2 Å². The number of rotatable bonds is 5. The van der Waals surface area contributed by atoms with Crippen molar-refractivity contribution < 1.29 is 4.79 Å². The highest BCUT2D eigenvalue weighted by Crippen LogP contribution is 2.21. The van der Waals surface area contributed by atoms with Crippen LogP contribution in [0.25, 0.3) is 0 Å². The Hall–Kier alpha value is -1.21. The summed E-state index contributed by atoms with van der Waals surface area (Å²) in [5.41, 5.74) is 0. The van der Waals surface area contributed by atoms with Crippen LogP contribution in [0.2, 0.25) is 0 Å². The van der Waals surface area contributed by atoms with Crippen molar-refractivity contribution in [1.82, 2.24) is 20.4 Å². The van der Waals surface area contributed by atoms with Gasteiger partial charge in [-0.25, -0.2) is 0 Å². The van der Waals surface area contributed by atoms with Gasteiger partial charge in [-0.1, -0.05) is 11.3 Å². The first-order valence-corrected chi connectivity index (χ1v) is 7.54. The number of carbonyl (C=O) groups is 1. The molecule has 0 spiro atoms. The van der Waals surface area contributed by atoms with Gasteiger partial charge in [-0.15, -0.1) is 10.2 Å². The fourth-order valence-electron chi connectivity index (χ4n) is 2.35. The molecule has 1 aliphatic heterocycles. The molecule has 0 saturated carbocycles. The van der Waals surface area contributed by atoms with Crippen molar-refractivity contribution in [2.45, 2.75) is 26.3 Å². The predicted octanol–water partition coefficient (Wildman–Crippen LogP) is 0.928. The third kappa shape index (κ3) is 3.87. The molecule has 0 radical (unpaired) electrons. The summed E-state index contributed by atoms with van der Waals surface area (Å²) in [6.45, 7) is 5.53. The normalized spacial score (nSPS) is 20.2. The molecule has 106 valence electrons. The number of piperidine rings is 1. The predicted molar refractivity (Wildman–Crippen MR) is 76.1 cm³/mol. The molecular formula is C12H21N5OS. The highest BCUT2D eigenvalue weighted by atomic mass is 32.1. The van der Waals surface area contributed by atoms with Crippen LogP contribution in [-0.4, -0.2) is 47.7 Å². The maximum absolute atomic E-state index is 11.7. The number of anilines is 1. The fourth-order valence-corrected chi connectivity index (χ4v) is 3.20. The van der Waals surface area contributed by atoms with Gasteiger partial charge in [-0.05, 0) is 26.3 Å². The van der Waals surface area contributed by atoms with Gasteiger partial charge in [-0.2, -0.15) is 0 Å². The molecule has 1 aliphatic rings. The second-order valence-electron chi connectivity index (χ2n) is 4.72. The standard InChI is InChI=1S/C12H21N5OS/c1-3-14-12-16-15-10(19-12)8-17-6-4-5-9(7-17)11(18)13-2/h9H,3-8H2,1-2H3,(H,13,18)(H,14,16). The van der Waals surface area contributed by atoms with E-state index in [0.29, 0.717) is 0 Å². The van der Waals surface area contributed by atoms with Gasteiger partial charge in [0.2, 0.25) is 11.0 Å². The Labute approximate surface area is 117 Å². The highest BCUT2D eigenvalue weighted by molar-refractivity contribution is 7.15. The van der Waals surface area contributed by atoms with Crippen LogP contribution in [-0.2, 0) is 11.3 Å². The third-order valence-corrected chi connectivity index (χ3v) is 4.14. The molecule has 0 aromatic carbocycles. The summed E-state index contributed by atoms with van der Waals surface area (Å²) < 4.78 is 0. The Morgan fingerprint density at radius 2 is 2.37 bits per heavy atom. The van der Waals surface area contributed by atoms with Gasteiger partial charge in [0.15, 0.2) is 0 Å². The number of carbonyl (C=O) groups excluding carboxylic acids is 1. The van der Waals surface area contributed by atoms with Crippen molar-refractivity contribution in [3.63, 3.8) is 0 Å². The van der Waals surface area contributed by atoms with Crippen molar-refractivity contribution in [2.24, 2.45) is 5.92 Å². The monoisotopic (exact) mass is 283 g/mol. The molecule has 1 aromatic rings. The van der Waals surface area contributed by atoms with Gasteiger partial charge in [0.05, 0.1) is 12.5 Å². The highest BCUT2D eigenvalue weighted by Gasteiger charge is 2.25. The minimum Gasteiger partial charge on any atom is -0.360 e. The summed E-state index contributed by atoms with van der Waals surface area (Å²) in [7, 11) is 1.70. The molecule has 1 fully saturated rings. The number of nitrogens with zero attached hydrogens (tertiary/aromatic N) is 3. The maximum Gasteiger partial charge on any atom is 0.224 e. The van der Waals surface area contributed by atoms with Crippen LogP contribution in [0.5, 0.6) is 0 Å². The summed E-state index contributed by atoms with van der Waals surface area (Å²) >= 11 is 1.59. The number of hydrogen-bond donors (Lipinski definition) is 2. The average Bonchev–Trinajstić information content (AvgIpc) is 2.86. The van der Waals surface area contributed by atoms with Gasteiger partial charge in [-0.3, -0.25) is 9.69 Å². The molecule has 6 nitrogen and oxygen atoms in total. The SMILES string of the molecule is CCNc1nnc(CN2CCCC(C(=O)NC)C2)s1. The minimum atomic E-state index is 0.111. The smallest absolute Gasteiger partial charge is 0.224 e. The van der Waals surface area contributed by atoms with Crippen LogP contribution in [0.3, 0.4) is 0 Å². The number of aromatic nitrogens is 2. The molecule has 7 heteroatoms. The molecule has 0 bridgehead atoms. The van der Waals surface area contributed by atoms with E-state index in [2.05, 4.69) is 25.7 Å². The lowest BCUT2D eigenvalue weighted by Crippen LogP contribution is -2.41. The van der Waals surface area contributed by atoms with Crippen molar-refractivity contribution in [1.29, 1.82) is 0 Å². The Balaban J connectivity index is 1.89. The maximum atomic E-state index is 11.7. The Morgan fingerprint density at radius 3 is 3.11 bits per heavy atom. The Bertz CT molecular complexity index is 422. The van der Waals surface area contributed by atoms with E-state index in [4.69, 9.17) is 0 Å². The topological polar surface area (TPSA) is 70.2 Å². The summed E-state index contributed by atoms with van der Waals surface area (Å²) in [6.07, 6.45) is 2.05. The number of hydrogen-bond acceptors (Lipinski definition) is 6. The molecule has 2 heterocycles. The van der Waals surface area contributed by atoms with Crippen LogP contribution in [0.1, 0.15) is 24.8 Å². The Morgan fingerprint density at radius 1 is 1.53 bits per heavy atom. The lowest BCUT2D eigenvalue weighted by Gasteiger charge is -2.30. The quantitative estimate of drug-likeness (QED) is 0.841. The second kappa shape index (κ2) is 6.81. The van der Waals surface area contributed by atoms with E-state index in [1.807, 2.05) is 6.92 Å². The van der Waals surface area contributed by atoms with Crippen molar-refractivity contribution in [3.05, 3.63) is 5.01 Å². The summed E-state index contributed by atoms with van der Waals surface area (Å²) in [6, 6.07) is 0. The number of likely N-dealkylation sites (tertiary alicyclic amines) is 1. The van der Waals surface area contributed by atoms with Crippen molar-refractivity contribution in [3.8, 4) is 0 Å². The lowest BCUT2D eigenvalue weighted by atomic mass is 9.97. The first-order chi connectivity index (χ1) is 9.22. The first kappa shape index (κ1) is 14.2. The largest absolute Gasteiger partial charge is 0.360 e. The van der Waals surface area contributed by atoms with Crippen molar-refractivity contribution in [2.75, 3.05) is 32.0 Å². The van der Waals surface area contributed by atoms with Gasteiger partial charge in [0, 0.05) is 20.1 Å². The van der Waals surface area contributed by atoms with Crippen LogP contribution in [0.15, 0.2) is 0 Å². The van der Waals surface area contributed by atoms with Gasteiger partial charge >= 0.3 is 0 Å². The van der Waals surface area contributed by atoms with E-state index in [1.54, 1.807) is 18.4 Å². The number of nitrogens with one attached hydrogen (secondary N) is 2. The molecule has 2 N–H and O–H groups in total. The second-order valence-corrected chi connectivity index (χ2v) is 5.78. The Kier molecular flexibility index (Phi) is 5.09. The molecular weight excluding hydrogens is 262 g/mol. The van der Waals surface area contributed by atoms with Crippen molar-refractivity contribution >= 4 is 22.4 Å². The zero-order valence-electron chi connectivity index (χ0n) is 11.5. The molecule has 0 aliphatic carbocycles. The van der Waals surface area contributed by atoms with E-state index < -0.39 is 0 Å². The fraction of sp³-hybridized carbons (Fsp3) is 0.750. The lowest BCUT2D eigenvalue weighted by molar-refractivity contribution is -0.126. The molecule has 2 rings (SSSR count). The zero-order valence-corrected chi connectivity index (χ0v) is 12.3. The summed E-state index contributed by atoms with van der Waals surface area (Å²) in [5, 5.41) is 16.1. The first-order valence-electron chi connectivity index (χ1n) is 6.73. The average molecular weight is 283 g/mol. The molecule has 1 amide bonds. The van der Waals surface area contributed by atoms with Gasteiger partial charge < -0.3 is 10.6 Å². The van der Waals surface area contributed by atoms with E-state index in [9.17, 15) is 4.79 Å². The van der Waals surface area contributed by atoms with Crippen LogP contribution < -0.4 is 10.6 Å². The zero-order chi connectivity index (χ0) is 13.7. The number of amides is 1. The molecule has 1 saturated heterocycles. The van der Waals surface area contributed by atoms with E-state index in [-0.39, 0.29) is 11.8 Å². The van der Waals surface area contributed by atoms with Gasteiger partial charge in [0.25, 0.3) is 0 Å². The van der Waals surface area contributed by atoms with E-state index in [1.165, 1.54) is 0 Å². The summed E-state index contributed by atoms with van der Waals surface area (Å²) in [5.74, 6) is 0.259. The molecule has 1 unspecified atom stereocenters. The van der Waals surface area contributed by atoms with Gasteiger partial charge in [0.1, 0.15) is 5.01 Å². The summed E-state index contributed by atoms with van der Waals surface area (Å²) in [4.78, 5) is 14.0. The third-order valence-electron chi connectivity index (χ3n) is 3.28. The van der Waals surface area contributed by atoms with Crippen LogP contribution >= 0.6 is 11.3 Å². The molecule has 1 aromatic heterocycles. The molecule has 19 heavy (non-hydrogen) atoms. The van der Waals surface area contributed by atoms with Crippen LogP contribution in [0, 0.1) is 5.92 Å².